The molecule has 66 valence electrons. The van der Waals surface area contributed by atoms with Gasteiger partial charge in [-0.05, 0) is 6.42 Å². The molecule has 0 saturated carbocycles. The zero-order valence-corrected chi connectivity index (χ0v) is 8.66. The largest absolute Gasteiger partial charge is 0.368 e. The van der Waals surface area contributed by atoms with Crippen molar-refractivity contribution in [1.82, 2.24) is 5.32 Å². The number of amidine groups is 1. The number of rotatable bonds is 3. The maximum Gasteiger partial charge on any atom is 0.156 e. The molecule has 0 spiro atoms. The third-order valence-electron chi connectivity index (χ3n) is 1.42. The van der Waals surface area contributed by atoms with Crippen LogP contribution in [0.1, 0.15) is 26.7 Å². The summed E-state index contributed by atoms with van der Waals surface area (Å²) in [6, 6.07) is 0. The normalized spacial score (nSPS) is 14.7. The molecule has 0 saturated heterocycles. The Kier molecular flexibility index (Phi) is 6.42. The van der Waals surface area contributed by atoms with Crippen LogP contribution in [0.4, 0.5) is 0 Å². The standard InChI is InChI=1S/C8H18N2S/c1-5-6-7(2)11-8(9-3)10-4/h7H,5-6H2,1-4H3,(H,9,10). The molecule has 0 heterocycles. The molecule has 1 N–H and O–H groups in total. The fourth-order valence-corrected chi connectivity index (χ4v) is 1.84. The summed E-state index contributed by atoms with van der Waals surface area (Å²) in [6.45, 7) is 4.44. The first-order valence-electron chi connectivity index (χ1n) is 4.05. The van der Waals surface area contributed by atoms with Crippen LogP contribution in [-0.2, 0) is 0 Å². The smallest absolute Gasteiger partial charge is 0.156 e. The minimum atomic E-state index is 0.672. The van der Waals surface area contributed by atoms with Gasteiger partial charge in [0.15, 0.2) is 5.17 Å². The highest BCUT2D eigenvalue weighted by molar-refractivity contribution is 8.14. The molecule has 0 aromatic rings. The van der Waals surface area contributed by atoms with Gasteiger partial charge in [-0.2, -0.15) is 0 Å². The minimum Gasteiger partial charge on any atom is -0.368 e. The summed E-state index contributed by atoms with van der Waals surface area (Å²) in [5.74, 6) is 0. The van der Waals surface area contributed by atoms with Gasteiger partial charge in [-0.15, -0.1) is 0 Å². The topological polar surface area (TPSA) is 24.4 Å². The van der Waals surface area contributed by atoms with Crippen molar-refractivity contribution in [3.63, 3.8) is 0 Å². The Balaban J connectivity index is 3.63. The molecule has 3 heteroatoms. The molecule has 1 unspecified atom stereocenters. The summed E-state index contributed by atoms with van der Waals surface area (Å²) in [5, 5.41) is 4.76. The van der Waals surface area contributed by atoms with Crippen molar-refractivity contribution in [3.05, 3.63) is 0 Å². The van der Waals surface area contributed by atoms with E-state index < -0.39 is 0 Å². The zero-order chi connectivity index (χ0) is 8.69. The van der Waals surface area contributed by atoms with E-state index in [-0.39, 0.29) is 0 Å². The Morgan fingerprint density at radius 3 is 2.64 bits per heavy atom. The van der Waals surface area contributed by atoms with Gasteiger partial charge in [-0.3, -0.25) is 4.99 Å². The van der Waals surface area contributed by atoms with Gasteiger partial charge in [0.1, 0.15) is 0 Å². The SMILES string of the molecule is CCCC(C)SC(=NC)NC. The van der Waals surface area contributed by atoms with Crippen molar-refractivity contribution >= 4 is 16.9 Å². The van der Waals surface area contributed by atoms with E-state index in [1.165, 1.54) is 12.8 Å². The van der Waals surface area contributed by atoms with E-state index in [1.54, 1.807) is 0 Å². The second-order valence-electron chi connectivity index (χ2n) is 2.50. The van der Waals surface area contributed by atoms with E-state index >= 15 is 0 Å². The monoisotopic (exact) mass is 174 g/mol. The molecule has 0 aromatic carbocycles. The van der Waals surface area contributed by atoms with Crippen LogP contribution >= 0.6 is 11.8 Å². The fraction of sp³-hybridized carbons (Fsp3) is 0.875. The van der Waals surface area contributed by atoms with Crippen LogP contribution in [0.5, 0.6) is 0 Å². The summed E-state index contributed by atoms with van der Waals surface area (Å²) >= 11 is 1.81. The maximum absolute atomic E-state index is 4.10. The van der Waals surface area contributed by atoms with Crippen LogP contribution < -0.4 is 5.32 Å². The number of nitrogens with zero attached hydrogens (tertiary/aromatic N) is 1. The van der Waals surface area contributed by atoms with Crippen LogP contribution in [-0.4, -0.2) is 24.5 Å². The highest BCUT2D eigenvalue weighted by atomic mass is 32.2. The van der Waals surface area contributed by atoms with Crippen LogP contribution in [0.3, 0.4) is 0 Å². The highest BCUT2D eigenvalue weighted by Crippen LogP contribution is 2.15. The van der Waals surface area contributed by atoms with Gasteiger partial charge in [-0.1, -0.05) is 32.0 Å². The first kappa shape index (κ1) is 10.8. The maximum atomic E-state index is 4.10. The van der Waals surface area contributed by atoms with E-state index in [2.05, 4.69) is 24.2 Å². The average molecular weight is 174 g/mol. The molecular formula is C8H18N2S. The average Bonchev–Trinajstić information content (AvgIpc) is 2.01. The number of hydrogen-bond acceptors (Lipinski definition) is 2. The van der Waals surface area contributed by atoms with E-state index in [0.29, 0.717) is 5.25 Å². The van der Waals surface area contributed by atoms with Gasteiger partial charge in [0.2, 0.25) is 0 Å². The lowest BCUT2D eigenvalue weighted by molar-refractivity contribution is 0.789. The molecule has 0 aliphatic heterocycles. The van der Waals surface area contributed by atoms with Crippen molar-refractivity contribution in [2.75, 3.05) is 14.1 Å². The van der Waals surface area contributed by atoms with Gasteiger partial charge < -0.3 is 5.32 Å². The number of thioether (sulfide) groups is 1. The quantitative estimate of drug-likeness (QED) is 0.523. The van der Waals surface area contributed by atoms with Crippen LogP contribution in [0.2, 0.25) is 0 Å². The molecular weight excluding hydrogens is 156 g/mol. The molecule has 0 aliphatic carbocycles. The fourth-order valence-electron chi connectivity index (χ4n) is 0.879. The van der Waals surface area contributed by atoms with Gasteiger partial charge in [0, 0.05) is 19.3 Å². The summed E-state index contributed by atoms with van der Waals surface area (Å²) in [5.41, 5.74) is 0. The van der Waals surface area contributed by atoms with E-state index in [1.807, 2.05) is 25.9 Å². The van der Waals surface area contributed by atoms with Crippen molar-refractivity contribution < 1.29 is 0 Å². The predicted molar refractivity (Wildman–Crippen MR) is 54.4 cm³/mol. The second-order valence-corrected chi connectivity index (χ2v) is 3.92. The van der Waals surface area contributed by atoms with Crippen molar-refractivity contribution in [2.24, 2.45) is 4.99 Å². The molecule has 2 nitrogen and oxygen atoms in total. The highest BCUT2D eigenvalue weighted by Gasteiger charge is 2.03. The lowest BCUT2D eigenvalue weighted by Crippen LogP contribution is -2.17. The first-order chi connectivity index (χ1) is 5.24. The summed E-state index contributed by atoms with van der Waals surface area (Å²) in [7, 11) is 3.73. The molecule has 1 atom stereocenters. The molecule has 0 radical (unpaired) electrons. The van der Waals surface area contributed by atoms with Crippen molar-refractivity contribution in [3.8, 4) is 0 Å². The molecule has 0 amide bonds. The Morgan fingerprint density at radius 2 is 2.27 bits per heavy atom. The van der Waals surface area contributed by atoms with Crippen molar-refractivity contribution in [2.45, 2.75) is 31.9 Å². The molecule has 0 aromatic heterocycles. The molecule has 0 aliphatic rings. The van der Waals surface area contributed by atoms with E-state index in [0.717, 1.165) is 5.17 Å². The van der Waals surface area contributed by atoms with Crippen LogP contribution in [0.25, 0.3) is 0 Å². The first-order valence-corrected chi connectivity index (χ1v) is 4.93. The van der Waals surface area contributed by atoms with Crippen LogP contribution in [0.15, 0.2) is 4.99 Å². The second kappa shape index (κ2) is 6.53. The van der Waals surface area contributed by atoms with Gasteiger partial charge in [0.05, 0.1) is 0 Å². The van der Waals surface area contributed by atoms with Gasteiger partial charge in [0.25, 0.3) is 0 Å². The Morgan fingerprint density at radius 1 is 1.64 bits per heavy atom. The van der Waals surface area contributed by atoms with E-state index in [4.69, 9.17) is 0 Å². The van der Waals surface area contributed by atoms with Crippen LogP contribution in [0, 0.1) is 0 Å². The van der Waals surface area contributed by atoms with E-state index in [9.17, 15) is 0 Å². The number of nitrogens with one attached hydrogen (secondary N) is 1. The molecule has 0 fully saturated rings. The molecule has 0 rings (SSSR count). The minimum absolute atomic E-state index is 0.672. The predicted octanol–water partition coefficient (Wildman–Crippen LogP) is 2.11. The van der Waals surface area contributed by atoms with Crippen molar-refractivity contribution in [1.29, 1.82) is 0 Å². The van der Waals surface area contributed by atoms with Gasteiger partial charge >= 0.3 is 0 Å². The molecule has 11 heavy (non-hydrogen) atoms. The number of aliphatic imine (C=N–C) groups is 1. The summed E-state index contributed by atoms with van der Waals surface area (Å²) in [6.07, 6.45) is 2.50. The lowest BCUT2D eigenvalue weighted by Gasteiger charge is -2.10. The Labute approximate surface area is 73.9 Å². The third kappa shape index (κ3) is 5.13. The Bertz CT molecular complexity index is 123. The third-order valence-corrected chi connectivity index (χ3v) is 2.67. The summed E-state index contributed by atoms with van der Waals surface area (Å²) < 4.78 is 0. The van der Waals surface area contributed by atoms with Gasteiger partial charge in [-0.25, -0.2) is 0 Å². The number of hydrogen-bond donors (Lipinski definition) is 1. The zero-order valence-electron chi connectivity index (χ0n) is 7.85. The summed E-state index contributed by atoms with van der Waals surface area (Å²) in [4.78, 5) is 4.10. The lowest BCUT2D eigenvalue weighted by atomic mass is 10.3. The molecule has 0 bridgehead atoms. The Hall–Kier alpha value is -0.180.